The van der Waals surface area contributed by atoms with Gasteiger partial charge in [0.15, 0.2) is 0 Å². The molecule has 1 aliphatic rings. The predicted octanol–water partition coefficient (Wildman–Crippen LogP) is 2.25. The Morgan fingerprint density at radius 2 is 2.11 bits per heavy atom. The molecule has 0 saturated carbocycles. The number of cyclic esters (lactones) is 1. The number of ether oxygens (including phenoxy) is 2. The molecule has 0 radical (unpaired) electrons. The van der Waals surface area contributed by atoms with Crippen LogP contribution >= 0.6 is 0 Å². The minimum Gasteiger partial charge on any atom is -0.508 e. The zero-order valence-electron chi connectivity index (χ0n) is 10.00. The van der Waals surface area contributed by atoms with Crippen LogP contribution in [0.3, 0.4) is 0 Å². The van der Waals surface area contributed by atoms with Crippen molar-refractivity contribution in [2.45, 2.75) is 12.5 Å². The second kappa shape index (κ2) is 5.40. The van der Waals surface area contributed by atoms with Gasteiger partial charge in [0.1, 0.15) is 17.6 Å². The molecule has 4 nitrogen and oxygen atoms in total. The van der Waals surface area contributed by atoms with E-state index in [0.29, 0.717) is 12.2 Å². The Morgan fingerprint density at radius 3 is 2.78 bits per heavy atom. The maximum Gasteiger partial charge on any atom is 0.334 e. The van der Waals surface area contributed by atoms with Gasteiger partial charge in [-0.05, 0) is 23.8 Å². The van der Waals surface area contributed by atoms with E-state index >= 15 is 0 Å². The first kappa shape index (κ1) is 12.2. The summed E-state index contributed by atoms with van der Waals surface area (Å²) < 4.78 is 10.2. The molecule has 1 heterocycles. The summed E-state index contributed by atoms with van der Waals surface area (Å²) in [5, 5.41) is 9.16. The zero-order valence-corrected chi connectivity index (χ0v) is 10.00. The molecular formula is C14H14O4. The quantitative estimate of drug-likeness (QED) is 0.831. The molecule has 1 N–H and O–H groups in total. The molecule has 0 saturated heterocycles. The van der Waals surface area contributed by atoms with E-state index in [1.165, 1.54) is 13.2 Å². The van der Waals surface area contributed by atoms with E-state index < -0.39 is 5.97 Å². The largest absolute Gasteiger partial charge is 0.508 e. The summed E-state index contributed by atoms with van der Waals surface area (Å²) in [6.45, 7) is 0. The minimum atomic E-state index is -0.390. The van der Waals surface area contributed by atoms with Crippen molar-refractivity contribution < 1.29 is 19.4 Å². The number of benzene rings is 1. The Morgan fingerprint density at radius 1 is 1.39 bits per heavy atom. The third kappa shape index (κ3) is 3.13. The molecule has 1 atom stereocenters. The highest BCUT2D eigenvalue weighted by Gasteiger charge is 2.19. The average molecular weight is 246 g/mol. The predicted molar refractivity (Wildman–Crippen MR) is 66.7 cm³/mol. The van der Waals surface area contributed by atoms with Gasteiger partial charge in [-0.3, -0.25) is 0 Å². The summed E-state index contributed by atoms with van der Waals surface area (Å²) in [7, 11) is 1.53. The second-order valence-electron chi connectivity index (χ2n) is 3.94. The van der Waals surface area contributed by atoms with Gasteiger partial charge in [-0.2, -0.15) is 0 Å². The van der Waals surface area contributed by atoms with Crippen LogP contribution in [0.4, 0.5) is 0 Å². The van der Waals surface area contributed by atoms with Gasteiger partial charge in [-0.25, -0.2) is 4.79 Å². The van der Waals surface area contributed by atoms with E-state index in [2.05, 4.69) is 0 Å². The fourth-order valence-corrected chi connectivity index (χ4v) is 1.67. The maximum absolute atomic E-state index is 11.3. The molecule has 1 aliphatic heterocycles. The lowest BCUT2D eigenvalue weighted by molar-refractivity contribution is -0.142. The van der Waals surface area contributed by atoms with Crippen LogP contribution in [-0.2, 0) is 14.3 Å². The summed E-state index contributed by atoms with van der Waals surface area (Å²) >= 11 is 0. The van der Waals surface area contributed by atoms with Crippen LogP contribution in [0, 0.1) is 0 Å². The van der Waals surface area contributed by atoms with Gasteiger partial charge >= 0.3 is 5.97 Å². The monoisotopic (exact) mass is 246 g/mol. The van der Waals surface area contributed by atoms with Gasteiger partial charge in [-0.15, -0.1) is 0 Å². The number of phenols is 1. The Bertz CT molecular complexity index is 485. The SMILES string of the molecule is COC1=CC(=O)O[C@@H](/C=C/c2ccc(O)cc2)C1. The van der Waals surface area contributed by atoms with Crippen molar-refractivity contribution in [2.24, 2.45) is 0 Å². The van der Waals surface area contributed by atoms with Gasteiger partial charge in [0, 0.05) is 6.42 Å². The third-order valence-electron chi connectivity index (χ3n) is 2.61. The Hall–Kier alpha value is -2.23. The lowest BCUT2D eigenvalue weighted by atomic mass is 10.1. The van der Waals surface area contributed by atoms with E-state index in [4.69, 9.17) is 14.6 Å². The van der Waals surface area contributed by atoms with Crippen LogP contribution in [0.15, 0.2) is 42.2 Å². The standard InChI is InChI=1S/C14H14O4/c1-17-13-8-12(18-14(16)9-13)7-4-10-2-5-11(15)6-3-10/h2-7,9,12,15H,8H2,1H3/b7-4+/t12-/m0/s1. The van der Waals surface area contributed by atoms with Crippen molar-refractivity contribution in [3.63, 3.8) is 0 Å². The summed E-state index contributed by atoms with van der Waals surface area (Å²) in [5.74, 6) is 0.450. The first-order valence-electron chi connectivity index (χ1n) is 5.60. The molecule has 18 heavy (non-hydrogen) atoms. The summed E-state index contributed by atoms with van der Waals surface area (Å²) in [5.41, 5.74) is 0.928. The number of carbonyl (C=O) groups is 1. The lowest BCUT2D eigenvalue weighted by Gasteiger charge is -2.19. The Kier molecular flexibility index (Phi) is 3.67. The number of rotatable bonds is 3. The molecule has 0 fully saturated rings. The van der Waals surface area contributed by atoms with Gasteiger partial charge in [0.25, 0.3) is 0 Å². The fourth-order valence-electron chi connectivity index (χ4n) is 1.67. The molecule has 1 aromatic carbocycles. The van der Waals surface area contributed by atoms with Crippen LogP contribution < -0.4 is 0 Å². The molecule has 4 heteroatoms. The number of esters is 1. The fraction of sp³-hybridized carbons (Fsp3) is 0.214. The Balaban J connectivity index is 2.04. The summed E-state index contributed by atoms with van der Waals surface area (Å²) in [4.78, 5) is 11.3. The molecule has 0 bridgehead atoms. The van der Waals surface area contributed by atoms with E-state index in [9.17, 15) is 4.79 Å². The smallest absolute Gasteiger partial charge is 0.334 e. The number of carbonyl (C=O) groups excluding carboxylic acids is 1. The molecule has 1 aromatic rings. The van der Waals surface area contributed by atoms with Crippen LogP contribution in [0.25, 0.3) is 6.08 Å². The first-order chi connectivity index (χ1) is 8.67. The van der Waals surface area contributed by atoms with Crippen LogP contribution in [0.5, 0.6) is 5.75 Å². The number of hydrogen-bond acceptors (Lipinski definition) is 4. The zero-order chi connectivity index (χ0) is 13.0. The highest BCUT2D eigenvalue weighted by molar-refractivity contribution is 5.83. The van der Waals surface area contributed by atoms with Crippen molar-refractivity contribution in [3.05, 3.63) is 47.7 Å². The average Bonchev–Trinajstić information content (AvgIpc) is 2.37. The molecule has 0 aromatic heterocycles. The number of aromatic hydroxyl groups is 1. The molecular weight excluding hydrogens is 232 g/mol. The van der Waals surface area contributed by atoms with Crippen LogP contribution in [-0.4, -0.2) is 24.3 Å². The van der Waals surface area contributed by atoms with E-state index in [0.717, 1.165) is 5.56 Å². The van der Waals surface area contributed by atoms with Crippen LogP contribution in [0.2, 0.25) is 0 Å². The second-order valence-corrected chi connectivity index (χ2v) is 3.94. The molecule has 2 rings (SSSR count). The van der Waals surface area contributed by atoms with Gasteiger partial charge in [-0.1, -0.05) is 18.2 Å². The number of phenolic OH excluding ortho intramolecular Hbond substituents is 1. The topological polar surface area (TPSA) is 55.8 Å². The number of hydrogen-bond donors (Lipinski definition) is 1. The maximum atomic E-state index is 11.3. The van der Waals surface area contributed by atoms with Crippen molar-refractivity contribution >= 4 is 12.0 Å². The van der Waals surface area contributed by atoms with Crippen molar-refractivity contribution in [3.8, 4) is 5.75 Å². The summed E-state index contributed by atoms with van der Waals surface area (Å²) in [6, 6.07) is 6.77. The first-order valence-corrected chi connectivity index (χ1v) is 5.60. The highest BCUT2D eigenvalue weighted by atomic mass is 16.5. The number of methoxy groups -OCH3 is 1. The van der Waals surface area contributed by atoms with Crippen molar-refractivity contribution in [2.75, 3.05) is 7.11 Å². The molecule has 0 aliphatic carbocycles. The van der Waals surface area contributed by atoms with E-state index in [1.807, 2.05) is 6.08 Å². The summed E-state index contributed by atoms with van der Waals surface area (Å²) in [6.07, 6.45) is 5.22. The third-order valence-corrected chi connectivity index (χ3v) is 2.61. The van der Waals surface area contributed by atoms with E-state index in [-0.39, 0.29) is 11.9 Å². The lowest BCUT2D eigenvalue weighted by Crippen LogP contribution is -2.21. The van der Waals surface area contributed by atoms with Gasteiger partial charge in [0.2, 0.25) is 0 Å². The van der Waals surface area contributed by atoms with Gasteiger partial charge < -0.3 is 14.6 Å². The minimum absolute atomic E-state index is 0.223. The van der Waals surface area contributed by atoms with Crippen LogP contribution in [0.1, 0.15) is 12.0 Å². The van der Waals surface area contributed by atoms with Crippen molar-refractivity contribution in [1.29, 1.82) is 0 Å². The normalized spacial score (nSPS) is 19.5. The molecule has 0 unspecified atom stereocenters. The molecule has 94 valence electrons. The van der Waals surface area contributed by atoms with Crippen molar-refractivity contribution in [1.82, 2.24) is 0 Å². The highest BCUT2D eigenvalue weighted by Crippen LogP contribution is 2.18. The van der Waals surface area contributed by atoms with Gasteiger partial charge in [0.05, 0.1) is 13.2 Å². The molecule has 0 amide bonds. The molecule has 0 spiro atoms. The van der Waals surface area contributed by atoms with E-state index in [1.54, 1.807) is 30.3 Å². The Labute approximate surface area is 105 Å².